The molecule has 0 spiro atoms. The first-order valence-electron chi connectivity index (χ1n) is 5.40. The quantitative estimate of drug-likeness (QED) is 0.897. The predicted molar refractivity (Wildman–Crippen MR) is 65.2 cm³/mol. The number of benzene rings is 1. The number of amides is 1. The molecule has 0 saturated heterocycles. The van der Waals surface area contributed by atoms with Gasteiger partial charge in [-0.15, -0.1) is 0 Å². The molecule has 6 heteroatoms. The molecule has 0 unspecified atom stereocenters. The van der Waals surface area contributed by atoms with Gasteiger partial charge in [0.1, 0.15) is 0 Å². The minimum absolute atomic E-state index is 0.145. The van der Waals surface area contributed by atoms with Crippen molar-refractivity contribution in [3.05, 3.63) is 34.3 Å². The first-order chi connectivity index (χ1) is 8.45. The second-order valence-electron chi connectivity index (χ2n) is 3.85. The number of aryl methyl sites for hydroxylation is 1. The Bertz CT molecular complexity index is 427. The van der Waals surface area contributed by atoms with Crippen molar-refractivity contribution in [3.63, 3.8) is 0 Å². The van der Waals surface area contributed by atoms with Crippen molar-refractivity contribution in [1.82, 2.24) is 4.90 Å². The molecule has 0 saturated carbocycles. The maximum atomic E-state index is 12.3. The van der Waals surface area contributed by atoms with Crippen LogP contribution in [0.5, 0.6) is 0 Å². The number of alkyl halides is 2. The maximum Gasteiger partial charge on any atom is 0.255 e. The van der Waals surface area contributed by atoms with Gasteiger partial charge in [-0.25, -0.2) is 8.78 Å². The second kappa shape index (κ2) is 6.66. The summed E-state index contributed by atoms with van der Waals surface area (Å²) in [7, 11) is 0. The van der Waals surface area contributed by atoms with E-state index in [2.05, 4.69) is 0 Å². The standard InChI is InChI=1S/C12H14ClF2NO2/c1-8-2-3-9(10(13)6-8)12(18)16(4-5-17)7-11(14)15/h2-3,6,11,17H,4-5,7H2,1H3. The molecule has 3 nitrogen and oxygen atoms in total. The Morgan fingerprint density at radius 2 is 2.17 bits per heavy atom. The van der Waals surface area contributed by atoms with Gasteiger partial charge in [-0.1, -0.05) is 17.7 Å². The largest absolute Gasteiger partial charge is 0.395 e. The summed E-state index contributed by atoms with van der Waals surface area (Å²) in [5.41, 5.74) is 1.04. The summed E-state index contributed by atoms with van der Waals surface area (Å²) in [4.78, 5) is 12.9. The van der Waals surface area contributed by atoms with Crippen LogP contribution in [0.4, 0.5) is 8.78 Å². The molecule has 1 rings (SSSR count). The van der Waals surface area contributed by atoms with Crippen LogP contribution in [0.25, 0.3) is 0 Å². The van der Waals surface area contributed by atoms with E-state index in [-0.39, 0.29) is 23.7 Å². The van der Waals surface area contributed by atoms with Crippen molar-refractivity contribution < 1.29 is 18.7 Å². The summed E-state index contributed by atoms with van der Waals surface area (Å²) in [5.74, 6) is -0.602. The van der Waals surface area contributed by atoms with Crippen molar-refractivity contribution in [3.8, 4) is 0 Å². The highest BCUT2D eigenvalue weighted by atomic mass is 35.5. The van der Waals surface area contributed by atoms with Gasteiger partial charge in [0, 0.05) is 6.54 Å². The molecule has 1 aromatic carbocycles. The highest BCUT2D eigenvalue weighted by molar-refractivity contribution is 6.33. The Morgan fingerprint density at radius 1 is 1.50 bits per heavy atom. The zero-order chi connectivity index (χ0) is 13.7. The molecule has 0 fully saturated rings. The van der Waals surface area contributed by atoms with E-state index in [1.807, 2.05) is 6.92 Å². The number of hydrogen-bond acceptors (Lipinski definition) is 2. The van der Waals surface area contributed by atoms with Crippen molar-refractivity contribution in [2.75, 3.05) is 19.7 Å². The summed E-state index contributed by atoms with van der Waals surface area (Å²) in [6.07, 6.45) is -2.65. The lowest BCUT2D eigenvalue weighted by atomic mass is 10.1. The van der Waals surface area contributed by atoms with Gasteiger partial charge >= 0.3 is 0 Å². The fourth-order valence-electron chi connectivity index (χ4n) is 1.53. The van der Waals surface area contributed by atoms with Crippen LogP contribution >= 0.6 is 11.6 Å². The Hall–Kier alpha value is -1.20. The smallest absolute Gasteiger partial charge is 0.255 e. The number of halogens is 3. The summed E-state index contributed by atoms with van der Waals surface area (Å²) < 4.78 is 24.7. The zero-order valence-corrected chi connectivity index (χ0v) is 10.6. The molecule has 0 aliphatic rings. The summed E-state index contributed by atoms with van der Waals surface area (Å²) in [6, 6.07) is 4.77. The van der Waals surface area contributed by atoms with Gasteiger partial charge in [0.2, 0.25) is 0 Å². The van der Waals surface area contributed by atoms with E-state index >= 15 is 0 Å². The number of carbonyl (C=O) groups is 1. The van der Waals surface area contributed by atoms with Crippen LogP contribution in [0.1, 0.15) is 15.9 Å². The molecule has 0 aliphatic carbocycles. The lowest BCUT2D eigenvalue weighted by Crippen LogP contribution is -2.37. The molecule has 18 heavy (non-hydrogen) atoms. The number of rotatable bonds is 5. The van der Waals surface area contributed by atoms with Crippen LogP contribution < -0.4 is 0 Å². The highest BCUT2D eigenvalue weighted by Crippen LogP contribution is 2.19. The van der Waals surface area contributed by atoms with Gasteiger partial charge in [-0.05, 0) is 24.6 Å². The molecule has 0 atom stereocenters. The molecule has 100 valence electrons. The van der Waals surface area contributed by atoms with Gasteiger partial charge in [-0.3, -0.25) is 4.79 Å². The van der Waals surface area contributed by atoms with Crippen molar-refractivity contribution in [2.24, 2.45) is 0 Å². The van der Waals surface area contributed by atoms with Gasteiger partial charge < -0.3 is 10.0 Å². The van der Waals surface area contributed by atoms with Gasteiger partial charge in [0.05, 0.1) is 23.7 Å². The van der Waals surface area contributed by atoms with Crippen LogP contribution in [0.2, 0.25) is 5.02 Å². The van der Waals surface area contributed by atoms with Gasteiger partial charge in [-0.2, -0.15) is 0 Å². The Balaban J connectivity index is 2.94. The van der Waals surface area contributed by atoms with E-state index in [4.69, 9.17) is 16.7 Å². The third kappa shape index (κ3) is 3.92. The van der Waals surface area contributed by atoms with Gasteiger partial charge in [0.15, 0.2) is 0 Å². The molecule has 0 radical (unpaired) electrons. The van der Waals surface area contributed by atoms with Crippen LogP contribution in [-0.2, 0) is 0 Å². The Kier molecular flexibility index (Phi) is 5.50. The minimum Gasteiger partial charge on any atom is -0.395 e. The molecule has 1 aromatic rings. The number of aliphatic hydroxyl groups is 1. The SMILES string of the molecule is Cc1ccc(C(=O)N(CCO)CC(F)F)c(Cl)c1. The first kappa shape index (κ1) is 14.9. The van der Waals surface area contributed by atoms with Gasteiger partial charge in [0.25, 0.3) is 12.3 Å². The maximum absolute atomic E-state index is 12.3. The van der Waals surface area contributed by atoms with Crippen LogP contribution in [0.15, 0.2) is 18.2 Å². The minimum atomic E-state index is -2.65. The average molecular weight is 278 g/mol. The van der Waals surface area contributed by atoms with E-state index in [1.165, 1.54) is 6.07 Å². The zero-order valence-electron chi connectivity index (χ0n) is 9.87. The monoisotopic (exact) mass is 277 g/mol. The van der Waals surface area contributed by atoms with Crippen molar-refractivity contribution in [1.29, 1.82) is 0 Å². The summed E-state index contributed by atoms with van der Waals surface area (Å²) >= 11 is 5.91. The van der Waals surface area contributed by atoms with E-state index in [9.17, 15) is 13.6 Å². The first-order valence-corrected chi connectivity index (χ1v) is 5.78. The fraction of sp³-hybridized carbons (Fsp3) is 0.417. The number of aliphatic hydroxyl groups excluding tert-OH is 1. The normalized spacial score (nSPS) is 10.8. The summed E-state index contributed by atoms with van der Waals surface area (Å²) in [6.45, 7) is 0.573. The molecule has 1 amide bonds. The second-order valence-corrected chi connectivity index (χ2v) is 4.26. The van der Waals surface area contributed by atoms with Crippen molar-refractivity contribution in [2.45, 2.75) is 13.3 Å². The molecule has 0 heterocycles. The molecule has 0 bridgehead atoms. The third-order valence-electron chi connectivity index (χ3n) is 2.37. The third-order valence-corrected chi connectivity index (χ3v) is 2.68. The molecule has 0 aliphatic heterocycles. The van der Waals surface area contributed by atoms with E-state index in [0.29, 0.717) is 0 Å². The number of hydrogen-bond donors (Lipinski definition) is 1. The lowest BCUT2D eigenvalue weighted by molar-refractivity contribution is 0.0509. The van der Waals surface area contributed by atoms with Crippen LogP contribution in [0.3, 0.4) is 0 Å². The molecule has 0 aromatic heterocycles. The van der Waals surface area contributed by atoms with E-state index in [1.54, 1.807) is 12.1 Å². The molecule has 1 N–H and O–H groups in total. The number of nitrogens with zero attached hydrogens (tertiary/aromatic N) is 1. The van der Waals surface area contributed by atoms with Crippen LogP contribution in [-0.4, -0.2) is 42.0 Å². The van der Waals surface area contributed by atoms with E-state index < -0.39 is 18.9 Å². The fourth-order valence-corrected chi connectivity index (χ4v) is 1.84. The topological polar surface area (TPSA) is 40.5 Å². The average Bonchev–Trinajstić information content (AvgIpc) is 2.27. The Labute approximate surface area is 109 Å². The predicted octanol–water partition coefficient (Wildman–Crippen LogP) is 2.35. The van der Waals surface area contributed by atoms with E-state index in [0.717, 1.165) is 10.5 Å². The Morgan fingerprint density at radius 3 is 2.67 bits per heavy atom. The molecular weight excluding hydrogens is 264 g/mol. The summed E-state index contributed by atoms with van der Waals surface area (Å²) in [5, 5.41) is 9.01. The van der Waals surface area contributed by atoms with Crippen molar-refractivity contribution >= 4 is 17.5 Å². The lowest BCUT2D eigenvalue weighted by Gasteiger charge is -2.21. The molecular formula is C12H14ClF2NO2. The highest BCUT2D eigenvalue weighted by Gasteiger charge is 2.21. The number of carbonyl (C=O) groups excluding carboxylic acids is 1. The van der Waals surface area contributed by atoms with Crippen LogP contribution in [0, 0.1) is 6.92 Å².